The lowest BCUT2D eigenvalue weighted by atomic mass is 10.1. The first kappa shape index (κ1) is 17.1. The van der Waals surface area contributed by atoms with E-state index in [1.54, 1.807) is 24.0 Å². The van der Waals surface area contributed by atoms with E-state index in [0.29, 0.717) is 48.5 Å². The fraction of sp³-hybridized carbons (Fsp3) is 0.467. The molecule has 0 radical (unpaired) electrons. The molecular formula is C15H18Cl2N2O3. The summed E-state index contributed by atoms with van der Waals surface area (Å²) in [4.78, 5) is 27.6. The Morgan fingerprint density at radius 2 is 1.73 bits per heavy atom. The minimum Gasteiger partial charge on any atom is -0.494 e. The van der Waals surface area contributed by atoms with Gasteiger partial charge >= 0.3 is 0 Å². The number of nitrogens with zero attached hydrogens (tertiary/aromatic N) is 2. The molecule has 0 unspecified atom stereocenters. The molecule has 5 nitrogen and oxygen atoms in total. The van der Waals surface area contributed by atoms with Crippen LogP contribution < -0.4 is 4.74 Å². The minimum atomic E-state index is -0.202. The number of ether oxygens (including phenoxy) is 1. The topological polar surface area (TPSA) is 49.9 Å². The van der Waals surface area contributed by atoms with Gasteiger partial charge in [0, 0.05) is 26.2 Å². The van der Waals surface area contributed by atoms with E-state index in [4.69, 9.17) is 27.9 Å². The van der Waals surface area contributed by atoms with Crippen LogP contribution in [0.3, 0.4) is 0 Å². The zero-order chi connectivity index (χ0) is 16.3. The largest absolute Gasteiger partial charge is 0.494 e. The summed E-state index contributed by atoms with van der Waals surface area (Å²) in [6, 6.07) is 3.19. The number of methoxy groups -OCH3 is 1. The molecule has 0 aromatic heterocycles. The molecule has 1 aliphatic rings. The van der Waals surface area contributed by atoms with Crippen molar-refractivity contribution in [1.82, 2.24) is 9.80 Å². The fourth-order valence-corrected chi connectivity index (χ4v) is 2.98. The van der Waals surface area contributed by atoms with Crippen molar-refractivity contribution in [3.63, 3.8) is 0 Å². The number of benzene rings is 1. The third kappa shape index (κ3) is 3.72. The van der Waals surface area contributed by atoms with Crippen molar-refractivity contribution in [3.05, 3.63) is 27.7 Å². The summed E-state index contributed by atoms with van der Waals surface area (Å²) in [5.41, 5.74) is 0.289. The standard InChI is InChI=1S/C15H18Cl2N2O3/c1-10(20)9-18-5-7-19(8-6-18)15(21)13-11(16)3-4-12(17)14(13)22-2/h3-4H,5-9H2,1-2H3. The normalized spacial score (nSPS) is 15.7. The number of rotatable bonds is 4. The maximum Gasteiger partial charge on any atom is 0.259 e. The molecule has 0 spiro atoms. The maximum absolute atomic E-state index is 12.7. The molecule has 1 aromatic rings. The van der Waals surface area contributed by atoms with Crippen molar-refractivity contribution in [2.75, 3.05) is 39.8 Å². The lowest BCUT2D eigenvalue weighted by Crippen LogP contribution is -2.49. The zero-order valence-electron chi connectivity index (χ0n) is 12.6. The maximum atomic E-state index is 12.7. The third-order valence-corrected chi connectivity index (χ3v) is 4.20. The lowest BCUT2D eigenvalue weighted by Gasteiger charge is -2.34. The number of amides is 1. The second kappa shape index (κ2) is 7.31. The molecule has 0 saturated carbocycles. The van der Waals surface area contributed by atoms with Gasteiger partial charge in [0.2, 0.25) is 0 Å². The molecule has 1 aliphatic heterocycles. The highest BCUT2D eigenvalue weighted by Gasteiger charge is 2.27. The molecule has 0 aliphatic carbocycles. The Bertz CT molecular complexity index is 584. The van der Waals surface area contributed by atoms with Crippen LogP contribution in [-0.4, -0.2) is 61.3 Å². The number of hydrogen-bond acceptors (Lipinski definition) is 4. The van der Waals surface area contributed by atoms with Gasteiger partial charge in [-0.05, 0) is 19.1 Å². The van der Waals surface area contributed by atoms with E-state index in [9.17, 15) is 9.59 Å². The Morgan fingerprint density at radius 3 is 2.27 bits per heavy atom. The minimum absolute atomic E-state index is 0.124. The number of Topliss-reactive ketones (excluding diaryl/α,β-unsaturated/α-hetero) is 1. The first-order valence-corrected chi connectivity index (χ1v) is 7.72. The summed E-state index contributed by atoms with van der Waals surface area (Å²) >= 11 is 12.2. The van der Waals surface area contributed by atoms with Crippen LogP contribution in [0.1, 0.15) is 17.3 Å². The van der Waals surface area contributed by atoms with Crippen LogP contribution in [0.2, 0.25) is 10.0 Å². The summed E-state index contributed by atoms with van der Waals surface area (Å²) in [7, 11) is 1.46. The second-order valence-electron chi connectivity index (χ2n) is 5.21. The van der Waals surface area contributed by atoms with Crippen LogP contribution in [-0.2, 0) is 4.79 Å². The van der Waals surface area contributed by atoms with Crippen LogP contribution in [0.25, 0.3) is 0 Å². The van der Waals surface area contributed by atoms with Gasteiger partial charge in [-0.25, -0.2) is 0 Å². The molecule has 120 valence electrons. The van der Waals surface area contributed by atoms with Crippen molar-refractivity contribution in [2.24, 2.45) is 0 Å². The van der Waals surface area contributed by atoms with Crippen LogP contribution >= 0.6 is 23.2 Å². The first-order chi connectivity index (χ1) is 10.4. The van der Waals surface area contributed by atoms with Crippen molar-refractivity contribution >= 4 is 34.9 Å². The molecule has 1 fully saturated rings. The molecule has 0 atom stereocenters. The van der Waals surface area contributed by atoms with Gasteiger partial charge in [-0.15, -0.1) is 0 Å². The van der Waals surface area contributed by atoms with E-state index in [2.05, 4.69) is 0 Å². The van der Waals surface area contributed by atoms with Gasteiger partial charge in [0.1, 0.15) is 11.3 Å². The number of carbonyl (C=O) groups excluding carboxylic acids is 2. The van der Waals surface area contributed by atoms with Crippen LogP contribution in [0.5, 0.6) is 5.75 Å². The predicted octanol–water partition coefficient (Wildman–Crippen LogP) is 2.35. The van der Waals surface area contributed by atoms with Gasteiger partial charge in [-0.2, -0.15) is 0 Å². The van der Waals surface area contributed by atoms with E-state index in [-0.39, 0.29) is 17.3 Å². The SMILES string of the molecule is COc1c(Cl)ccc(Cl)c1C(=O)N1CCN(CC(C)=O)CC1. The smallest absolute Gasteiger partial charge is 0.259 e. The molecular weight excluding hydrogens is 327 g/mol. The van der Waals surface area contributed by atoms with Gasteiger partial charge in [0.15, 0.2) is 5.75 Å². The zero-order valence-corrected chi connectivity index (χ0v) is 14.1. The van der Waals surface area contributed by atoms with Crippen molar-refractivity contribution in [1.29, 1.82) is 0 Å². The molecule has 1 aromatic carbocycles. The van der Waals surface area contributed by atoms with Gasteiger partial charge in [0.25, 0.3) is 5.91 Å². The average molecular weight is 345 g/mol. The van der Waals surface area contributed by atoms with E-state index in [0.717, 1.165) is 0 Å². The Labute approximate surface area is 139 Å². The number of hydrogen-bond donors (Lipinski definition) is 0. The van der Waals surface area contributed by atoms with Gasteiger partial charge in [-0.3, -0.25) is 14.5 Å². The summed E-state index contributed by atoms with van der Waals surface area (Å²) in [6.45, 7) is 4.38. The molecule has 2 rings (SSSR count). The Kier molecular flexibility index (Phi) is 5.67. The van der Waals surface area contributed by atoms with Crippen molar-refractivity contribution in [3.8, 4) is 5.75 Å². The highest BCUT2D eigenvalue weighted by Crippen LogP contribution is 2.34. The summed E-state index contributed by atoms with van der Waals surface area (Å²) in [5, 5.41) is 0.669. The predicted molar refractivity (Wildman–Crippen MR) is 86.0 cm³/mol. The summed E-state index contributed by atoms with van der Waals surface area (Å²) < 4.78 is 5.22. The fourth-order valence-electron chi connectivity index (χ4n) is 2.51. The number of ketones is 1. The highest BCUT2D eigenvalue weighted by atomic mass is 35.5. The third-order valence-electron chi connectivity index (χ3n) is 3.58. The van der Waals surface area contributed by atoms with Crippen molar-refractivity contribution < 1.29 is 14.3 Å². The average Bonchev–Trinajstić information content (AvgIpc) is 2.48. The molecule has 22 heavy (non-hydrogen) atoms. The lowest BCUT2D eigenvalue weighted by molar-refractivity contribution is -0.118. The molecule has 0 bridgehead atoms. The van der Waals surface area contributed by atoms with E-state index in [1.807, 2.05) is 4.90 Å². The van der Waals surface area contributed by atoms with Crippen LogP contribution in [0, 0.1) is 0 Å². The van der Waals surface area contributed by atoms with Crippen LogP contribution in [0.4, 0.5) is 0 Å². The Hall–Kier alpha value is -1.30. The number of carbonyl (C=O) groups is 2. The Balaban J connectivity index is 2.14. The quantitative estimate of drug-likeness (QED) is 0.841. The van der Waals surface area contributed by atoms with E-state index >= 15 is 0 Å². The highest BCUT2D eigenvalue weighted by molar-refractivity contribution is 6.37. The second-order valence-corrected chi connectivity index (χ2v) is 6.02. The van der Waals surface area contributed by atoms with Crippen LogP contribution in [0.15, 0.2) is 12.1 Å². The molecule has 0 N–H and O–H groups in total. The summed E-state index contributed by atoms with van der Waals surface area (Å²) in [5.74, 6) is 0.219. The number of piperazine rings is 1. The molecule has 1 saturated heterocycles. The van der Waals surface area contributed by atoms with E-state index in [1.165, 1.54) is 7.11 Å². The molecule has 1 amide bonds. The molecule has 7 heteroatoms. The first-order valence-electron chi connectivity index (χ1n) is 6.97. The Morgan fingerprint density at radius 1 is 1.14 bits per heavy atom. The van der Waals surface area contributed by atoms with Gasteiger partial charge in [0.05, 0.1) is 23.7 Å². The van der Waals surface area contributed by atoms with E-state index < -0.39 is 0 Å². The van der Waals surface area contributed by atoms with Crippen molar-refractivity contribution in [2.45, 2.75) is 6.92 Å². The molecule has 1 heterocycles. The monoisotopic (exact) mass is 344 g/mol. The number of halogens is 2. The van der Waals surface area contributed by atoms with Gasteiger partial charge < -0.3 is 9.64 Å². The summed E-state index contributed by atoms with van der Waals surface area (Å²) in [6.07, 6.45) is 0. The van der Waals surface area contributed by atoms with Gasteiger partial charge in [-0.1, -0.05) is 23.2 Å².